The van der Waals surface area contributed by atoms with Crippen molar-refractivity contribution in [3.8, 4) is 0 Å². The van der Waals surface area contributed by atoms with Crippen LogP contribution in [0.15, 0.2) is 59.3 Å². The van der Waals surface area contributed by atoms with Gasteiger partial charge in [-0.05, 0) is 55.9 Å². The Morgan fingerprint density at radius 2 is 1.48 bits per heavy atom. The third-order valence-corrected chi connectivity index (χ3v) is 13.7. The van der Waals surface area contributed by atoms with Crippen molar-refractivity contribution in [3.05, 3.63) is 86.8 Å². The normalized spacial score (nSPS) is 13.7. The first-order valence-electron chi connectivity index (χ1n) is 17.8. The first-order chi connectivity index (χ1) is 23.1. The van der Waals surface area contributed by atoms with Crippen molar-refractivity contribution in [2.45, 2.75) is 107 Å². The molecule has 1 radical (unpaired) electrons. The van der Waals surface area contributed by atoms with Crippen molar-refractivity contribution in [2.24, 2.45) is 15.8 Å². The first kappa shape index (κ1) is 39.9. The van der Waals surface area contributed by atoms with Crippen LogP contribution in [-0.4, -0.2) is 23.3 Å². The van der Waals surface area contributed by atoms with Crippen LogP contribution in [0.1, 0.15) is 114 Å². The average Bonchev–Trinajstić information content (AvgIpc) is 3.63. The number of allylic oxidation sites excluding steroid dienone is 2. The maximum atomic E-state index is 12.2. The molecule has 0 spiro atoms. The summed E-state index contributed by atoms with van der Waals surface area (Å²) >= 11 is 3.78. The van der Waals surface area contributed by atoms with Crippen molar-refractivity contribution < 1.29 is 30.0 Å². The fraction of sp³-hybridized carbons (Fsp3) is 0.442. The van der Waals surface area contributed by atoms with Gasteiger partial charge in [-0.25, -0.2) is 0 Å². The zero-order chi connectivity index (χ0) is 35.9. The molecular formula is C43H53IrN2O2S2-. The van der Waals surface area contributed by atoms with E-state index in [4.69, 9.17) is 4.99 Å². The zero-order valence-electron chi connectivity index (χ0n) is 31.6. The van der Waals surface area contributed by atoms with E-state index in [1.165, 1.54) is 58.2 Å². The molecule has 3 heterocycles. The second-order valence-corrected chi connectivity index (χ2v) is 17.3. The minimum absolute atomic E-state index is 0. The molecule has 0 saturated heterocycles. The Morgan fingerprint density at radius 3 is 2.10 bits per heavy atom. The molecule has 0 aliphatic carbocycles. The van der Waals surface area contributed by atoms with Crippen molar-refractivity contribution >= 4 is 70.8 Å². The summed E-state index contributed by atoms with van der Waals surface area (Å²) in [5.74, 6) is 0.286. The van der Waals surface area contributed by atoms with Crippen molar-refractivity contribution in [1.82, 2.24) is 0 Å². The van der Waals surface area contributed by atoms with Gasteiger partial charge >= 0.3 is 0 Å². The summed E-state index contributed by atoms with van der Waals surface area (Å²) < 4.78 is 2.77. The Labute approximate surface area is 320 Å². The van der Waals surface area contributed by atoms with E-state index in [0.717, 1.165) is 42.3 Å². The molecule has 0 bridgehead atoms. The number of nitrogens with one attached hydrogen (secondary N) is 1. The molecule has 0 saturated carbocycles. The monoisotopic (exact) mass is 886 g/mol. The number of anilines is 1. The van der Waals surface area contributed by atoms with Crippen molar-refractivity contribution in [1.29, 1.82) is 0 Å². The fourth-order valence-electron chi connectivity index (χ4n) is 6.43. The largest absolute Gasteiger partial charge is 0.512 e. The van der Waals surface area contributed by atoms with Crippen molar-refractivity contribution in [2.75, 3.05) is 12.0 Å². The smallest absolute Gasteiger partial charge is 0.164 e. The van der Waals surface area contributed by atoms with E-state index < -0.39 is 0 Å². The van der Waals surface area contributed by atoms with Crippen LogP contribution in [0.25, 0.3) is 30.9 Å². The molecule has 7 heteroatoms. The molecule has 269 valence electrons. The number of fused-ring (bicyclic) bond motifs is 6. The summed E-state index contributed by atoms with van der Waals surface area (Å²) in [4.78, 5) is 19.8. The molecule has 4 nitrogen and oxygen atoms in total. The van der Waals surface area contributed by atoms with E-state index in [1.807, 2.05) is 64.2 Å². The van der Waals surface area contributed by atoms with Gasteiger partial charge in [-0.1, -0.05) is 104 Å². The number of ketones is 1. The van der Waals surface area contributed by atoms with Crippen molar-refractivity contribution in [3.63, 3.8) is 0 Å². The number of carbonyl (C=O) groups excluding carboxylic acids is 1. The number of carbonyl (C=O) groups is 1. The van der Waals surface area contributed by atoms with E-state index in [1.54, 1.807) is 0 Å². The van der Waals surface area contributed by atoms with Gasteiger partial charge in [-0.15, -0.1) is 51.8 Å². The minimum Gasteiger partial charge on any atom is -0.512 e. The predicted octanol–water partition coefficient (Wildman–Crippen LogP) is 12.9. The van der Waals surface area contributed by atoms with Crippen LogP contribution in [-0.2, 0) is 30.3 Å². The summed E-state index contributed by atoms with van der Waals surface area (Å²) in [5, 5.41) is 18.8. The maximum absolute atomic E-state index is 12.2. The fourth-order valence-corrected chi connectivity index (χ4v) is 9.03. The van der Waals surface area contributed by atoms with Gasteiger partial charge in [-0.3, -0.25) is 4.79 Å². The van der Waals surface area contributed by atoms with Gasteiger partial charge in [0.15, 0.2) is 5.78 Å². The van der Waals surface area contributed by atoms with Crippen LogP contribution in [0.3, 0.4) is 0 Å². The molecule has 50 heavy (non-hydrogen) atoms. The van der Waals surface area contributed by atoms with E-state index in [0.29, 0.717) is 6.67 Å². The van der Waals surface area contributed by atoms with Gasteiger partial charge in [-0.2, -0.15) is 0 Å². The molecule has 0 fully saturated rings. The Balaban J connectivity index is 0.000000269. The SMILES string of the molecule is CCC(C)(CC)C(=O)/C=C(\O)C(C)(CC)CC.Cc1sc2c(ccc3c4c(sc32)C(c2[c-]c3ccccc3c(C(C)(C)C)c2)=NCN4)c1C.[Ir]. The van der Waals surface area contributed by atoms with E-state index in [-0.39, 0.29) is 47.9 Å². The number of rotatable bonds is 8. The van der Waals surface area contributed by atoms with Gasteiger partial charge in [0.2, 0.25) is 0 Å². The number of hydrogen-bond donors (Lipinski definition) is 2. The number of aliphatic hydroxyl groups excluding tert-OH is 1. The standard InChI is InChI=1S/C28H25N2S2.C15H28O2.Ir/c1-15-16(2)31-25-19(15)10-11-21-24-27(32-26(21)25)23(29-14-30-24)18-12-17-8-6-7-9-20(17)22(13-18)28(3,4)5;1-7-14(5,8-2)12(16)11-13(17)15(6,9-3)10-4;/h6-11,13,30H,14H2,1-5H3;11,16H,7-10H2,1-6H3;/q-1;;/b;12-11-;. The van der Waals surface area contributed by atoms with E-state index >= 15 is 0 Å². The number of benzene rings is 3. The molecule has 0 amide bonds. The number of aliphatic imine (C=N–C) groups is 1. The number of nitrogens with zero attached hydrogens (tertiary/aromatic N) is 1. The van der Waals surface area contributed by atoms with Crippen LogP contribution >= 0.6 is 22.7 Å². The molecule has 1 aliphatic rings. The molecule has 0 unspecified atom stereocenters. The second-order valence-electron chi connectivity index (χ2n) is 15.1. The van der Waals surface area contributed by atoms with Crippen LogP contribution in [0.2, 0.25) is 0 Å². The van der Waals surface area contributed by atoms with Crippen LogP contribution < -0.4 is 5.32 Å². The topological polar surface area (TPSA) is 61.7 Å². The third-order valence-electron chi connectivity index (χ3n) is 11.1. The van der Waals surface area contributed by atoms with Gasteiger partial charge in [0, 0.05) is 57.9 Å². The number of thiophene rings is 2. The van der Waals surface area contributed by atoms with Gasteiger partial charge in [0.25, 0.3) is 0 Å². The summed E-state index contributed by atoms with van der Waals surface area (Å²) in [6, 6.07) is 19.2. The summed E-state index contributed by atoms with van der Waals surface area (Å²) in [6.07, 6.45) is 4.75. The van der Waals surface area contributed by atoms with E-state index in [2.05, 4.69) is 88.5 Å². The molecule has 6 rings (SSSR count). The first-order valence-corrected chi connectivity index (χ1v) is 19.4. The molecule has 0 atom stereocenters. The molecule has 5 aromatic rings. The third kappa shape index (κ3) is 7.39. The quantitative estimate of drug-likeness (QED) is 0.0927. The summed E-state index contributed by atoms with van der Waals surface area (Å²) in [7, 11) is 0. The Hall–Kier alpha value is -2.83. The van der Waals surface area contributed by atoms with Crippen LogP contribution in [0.5, 0.6) is 0 Å². The molecular weight excluding hydrogens is 833 g/mol. The van der Waals surface area contributed by atoms with Gasteiger partial charge in [0.05, 0.1) is 21.8 Å². The van der Waals surface area contributed by atoms with Gasteiger partial charge < -0.3 is 15.4 Å². The molecule has 2 N–H and O–H groups in total. The number of aryl methyl sites for hydroxylation is 2. The Bertz CT molecular complexity index is 2090. The van der Waals surface area contributed by atoms with Crippen LogP contribution in [0, 0.1) is 30.7 Å². The Morgan fingerprint density at radius 1 is 0.880 bits per heavy atom. The predicted molar refractivity (Wildman–Crippen MR) is 215 cm³/mol. The molecule has 3 aromatic carbocycles. The summed E-state index contributed by atoms with van der Waals surface area (Å²) in [5.41, 5.74) is 5.56. The van der Waals surface area contributed by atoms with Crippen LogP contribution in [0.4, 0.5) is 5.69 Å². The summed E-state index contributed by atoms with van der Waals surface area (Å²) in [6.45, 7) is 24.0. The number of aliphatic hydroxyl groups is 1. The second kappa shape index (κ2) is 15.4. The van der Waals surface area contributed by atoms with E-state index in [9.17, 15) is 9.90 Å². The molecule has 1 aliphatic heterocycles. The molecule has 2 aromatic heterocycles. The zero-order valence-corrected chi connectivity index (χ0v) is 35.6. The minimum atomic E-state index is -0.337. The average molecular weight is 886 g/mol. The number of hydrogen-bond acceptors (Lipinski definition) is 6. The maximum Gasteiger partial charge on any atom is 0.164 e. The van der Waals surface area contributed by atoms with Gasteiger partial charge in [0.1, 0.15) is 5.76 Å². The Kier molecular flexibility index (Phi) is 12.3.